The summed E-state index contributed by atoms with van der Waals surface area (Å²) in [5, 5.41) is 7.89. The Labute approximate surface area is 127 Å². The molecule has 0 saturated heterocycles. The van der Waals surface area contributed by atoms with E-state index < -0.39 is 17.5 Å². The van der Waals surface area contributed by atoms with E-state index in [4.69, 9.17) is 10.3 Å². The van der Waals surface area contributed by atoms with Crippen molar-refractivity contribution < 1.29 is 18.1 Å². The molecule has 0 bridgehead atoms. The van der Waals surface area contributed by atoms with Crippen molar-refractivity contribution in [3.8, 4) is 10.6 Å². The number of nitrogens with two attached hydrogens (primary N) is 1. The summed E-state index contributed by atoms with van der Waals surface area (Å²) in [6.07, 6.45) is 0. The van der Waals surface area contributed by atoms with Gasteiger partial charge in [0.25, 0.3) is 5.91 Å². The predicted octanol–water partition coefficient (Wildman–Crippen LogP) is 3.52. The fourth-order valence-corrected chi connectivity index (χ4v) is 2.59. The van der Waals surface area contributed by atoms with E-state index in [1.165, 1.54) is 11.3 Å². The van der Waals surface area contributed by atoms with Crippen LogP contribution in [-0.4, -0.2) is 11.1 Å². The van der Waals surface area contributed by atoms with Crippen LogP contribution in [0.2, 0.25) is 0 Å². The van der Waals surface area contributed by atoms with E-state index in [1.54, 1.807) is 12.1 Å². The molecule has 0 saturated carbocycles. The summed E-state index contributed by atoms with van der Waals surface area (Å²) in [5.41, 5.74) is 5.74. The highest BCUT2D eigenvalue weighted by molar-refractivity contribution is 7.13. The molecule has 3 aromatic rings. The Balaban J connectivity index is 1.94. The van der Waals surface area contributed by atoms with Gasteiger partial charge in [0.05, 0.1) is 10.6 Å². The molecule has 8 heteroatoms. The zero-order chi connectivity index (χ0) is 15.7. The molecule has 0 atom stereocenters. The number of carbonyl (C=O) groups is 1. The number of anilines is 2. The van der Waals surface area contributed by atoms with Crippen molar-refractivity contribution in [1.82, 2.24) is 5.16 Å². The van der Waals surface area contributed by atoms with Crippen LogP contribution in [0.15, 0.2) is 40.2 Å². The first-order valence-electron chi connectivity index (χ1n) is 6.11. The van der Waals surface area contributed by atoms with E-state index >= 15 is 0 Å². The molecular weight excluding hydrogens is 312 g/mol. The highest BCUT2D eigenvalue weighted by atomic mass is 32.1. The minimum absolute atomic E-state index is 0.00572. The number of halogens is 2. The van der Waals surface area contributed by atoms with Gasteiger partial charge in [-0.2, -0.15) is 0 Å². The molecule has 5 nitrogen and oxygen atoms in total. The van der Waals surface area contributed by atoms with Gasteiger partial charge in [0.15, 0.2) is 0 Å². The zero-order valence-electron chi connectivity index (χ0n) is 11.0. The van der Waals surface area contributed by atoms with Crippen LogP contribution in [0.4, 0.5) is 20.4 Å². The Morgan fingerprint density at radius 1 is 1.32 bits per heavy atom. The highest BCUT2D eigenvalue weighted by Crippen LogP contribution is 2.31. The number of hydrogen-bond acceptors (Lipinski definition) is 5. The molecule has 3 rings (SSSR count). The third-order valence-electron chi connectivity index (χ3n) is 2.88. The summed E-state index contributed by atoms with van der Waals surface area (Å²) in [4.78, 5) is 13.0. The van der Waals surface area contributed by atoms with Crippen molar-refractivity contribution in [3.05, 3.63) is 52.9 Å². The normalized spacial score (nSPS) is 10.6. The van der Waals surface area contributed by atoms with Crippen molar-refractivity contribution in [3.63, 3.8) is 0 Å². The number of nitrogen functional groups attached to an aromatic ring is 1. The molecule has 1 aromatic carbocycles. The van der Waals surface area contributed by atoms with Gasteiger partial charge in [-0.3, -0.25) is 4.79 Å². The zero-order valence-corrected chi connectivity index (χ0v) is 11.8. The van der Waals surface area contributed by atoms with Gasteiger partial charge in [-0.1, -0.05) is 11.2 Å². The monoisotopic (exact) mass is 321 g/mol. The van der Waals surface area contributed by atoms with Crippen molar-refractivity contribution in [2.45, 2.75) is 0 Å². The SMILES string of the molecule is Nc1onc(-c2cccs2)c1C(=O)Nc1ccc(F)cc1F. The first-order chi connectivity index (χ1) is 10.6. The number of hydrogen-bond donors (Lipinski definition) is 2. The maximum atomic E-state index is 13.6. The first-order valence-corrected chi connectivity index (χ1v) is 6.99. The van der Waals surface area contributed by atoms with Crippen LogP contribution >= 0.6 is 11.3 Å². The minimum atomic E-state index is -0.888. The second-order valence-electron chi connectivity index (χ2n) is 4.33. The minimum Gasteiger partial charge on any atom is -0.367 e. The lowest BCUT2D eigenvalue weighted by atomic mass is 10.2. The van der Waals surface area contributed by atoms with Gasteiger partial charge in [0, 0.05) is 6.07 Å². The summed E-state index contributed by atoms with van der Waals surface area (Å²) in [6, 6.07) is 6.36. The average Bonchev–Trinajstić information content (AvgIpc) is 3.10. The number of aromatic nitrogens is 1. The molecule has 112 valence electrons. The van der Waals surface area contributed by atoms with Crippen LogP contribution in [0.5, 0.6) is 0 Å². The summed E-state index contributed by atoms with van der Waals surface area (Å²) in [7, 11) is 0. The number of amides is 1. The molecule has 1 amide bonds. The summed E-state index contributed by atoms with van der Waals surface area (Å²) in [6.45, 7) is 0. The Kier molecular flexibility index (Phi) is 3.60. The molecule has 0 unspecified atom stereocenters. The van der Waals surface area contributed by atoms with Crippen LogP contribution in [-0.2, 0) is 0 Å². The van der Waals surface area contributed by atoms with Gasteiger partial charge >= 0.3 is 0 Å². The van der Waals surface area contributed by atoms with Gasteiger partial charge in [-0.05, 0) is 23.6 Å². The number of benzene rings is 1. The van der Waals surface area contributed by atoms with Crippen LogP contribution in [0.1, 0.15) is 10.4 Å². The van der Waals surface area contributed by atoms with Gasteiger partial charge in [0.2, 0.25) is 5.88 Å². The van der Waals surface area contributed by atoms with Gasteiger partial charge in [-0.25, -0.2) is 8.78 Å². The van der Waals surface area contributed by atoms with Crippen molar-refractivity contribution >= 4 is 28.8 Å². The maximum absolute atomic E-state index is 13.6. The Bertz CT molecular complexity index is 831. The van der Waals surface area contributed by atoms with Gasteiger partial charge in [-0.15, -0.1) is 11.3 Å². The van der Waals surface area contributed by atoms with E-state index in [-0.39, 0.29) is 22.8 Å². The molecule has 2 heterocycles. The van der Waals surface area contributed by atoms with Crippen LogP contribution in [0.25, 0.3) is 10.6 Å². The molecule has 3 N–H and O–H groups in total. The lowest BCUT2D eigenvalue weighted by Crippen LogP contribution is -2.15. The Morgan fingerprint density at radius 2 is 2.14 bits per heavy atom. The molecule has 0 aliphatic heterocycles. The topological polar surface area (TPSA) is 81.2 Å². The standard InChI is InChI=1S/C14H9F2N3O2S/c15-7-3-4-9(8(16)6-7)18-14(20)11-12(19-21-13(11)17)10-2-1-5-22-10/h1-6H,17H2,(H,18,20). The van der Waals surface area contributed by atoms with Crippen LogP contribution < -0.4 is 11.1 Å². The molecule has 2 aromatic heterocycles. The fraction of sp³-hybridized carbons (Fsp3) is 0. The third kappa shape index (κ3) is 2.56. The van der Waals surface area contributed by atoms with Crippen molar-refractivity contribution in [1.29, 1.82) is 0 Å². The lowest BCUT2D eigenvalue weighted by molar-refractivity contribution is 0.102. The molecule has 22 heavy (non-hydrogen) atoms. The molecule has 0 aliphatic carbocycles. The quantitative estimate of drug-likeness (QED) is 0.773. The van der Waals surface area contributed by atoms with E-state index in [0.29, 0.717) is 10.9 Å². The predicted molar refractivity (Wildman–Crippen MR) is 78.5 cm³/mol. The molecule has 0 radical (unpaired) electrons. The second kappa shape index (κ2) is 5.57. The van der Waals surface area contributed by atoms with Gasteiger partial charge < -0.3 is 15.6 Å². The number of nitrogens with one attached hydrogen (secondary N) is 1. The van der Waals surface area contributed by atoms with Crippen LogP contribution in [0, 0.1) is 11.6 Å². The van der Waals surface area contributed by atoms with E-state index in [1.807, 2.05) is 5.38 Å². The number of nitrogens with zero attached hydrogens (tertiary/aromatic N) is 1. The fourth-order valence-electron chi connectivity index (χ4n) is 1.88. The highest BCUT2D eigenvalue weighted by Gasteiger charge is 2.23. The summed E-state index contributed by atoms with van der Waals surface area (Å²) < 4.78 is 31.3. The largest absolute Gasteiger partial charge is 0.367 e. The van der Waals surface area contributed by atoms with E-state index in [2.05, 4.69) is 10.5 Å². The van der Waals surface area contributed by atoms with Crippen LogP contribution in [0.3, 0.4) is 0 Å². The molecule has 0 fully saturated rings. The molecule has 0 aliphatic rings. The Morgan fingerprint density at radius 3 is 2.82 bits per heavy atom. The van der Waals surface area contributed by atoms with E-state index in [0.717, 1.165) is 12.1 Å². The smallest absolute Gasteiger partial charge is 0.263 e. The van der Waals surface area contributed by atoms with Crippen molar-refractivity contribution in [2.24, 2.45) is 0 Å². The number of carbonyl (C=O) groups excluding carboxylic acids is 1. The number of rotatable bonds is 3. The summed E-state index contributed by atoms with van der Waals surface area (Å²) >= 11 is 1.35. The molecule has 0 spiro atoms. The number of thiophene rings is 1. The lowest BCUT2D eigenvalue weighted by Gasteiger charge is -2.06. The Hall–Kier alpha value is -2.74. The third-order valence-corrected chi connectivity index (χ3v) is 3.76. The van der Waals surface area contributed by atoms with Crippen molar-refractivity contribution in [2.75, 3.05) is 11.1 Å². The van der Waals surface area contributed by atoms with E-state index in [9.17, 15) is 13.6 Å². The second-order valence-corrected chi connectivity index (χ2v) is 5.27. The summed E-state index contributed by atoms with van der Waals surface area (Å²) in [5.74, 6) is -2.49. The average molecular weight is 321 g/mol. The molecular formula is C14H9F2N3O2S. The first kappa shape index (κ1) is 14.2. The maximum Gasteiger partial charge on any atom is 0.263 e. The van der Waals surface area contributed by atoms with Gasteiger partial charge in [0.1, 0.15) is 22.9 Å².